The van der Waals surface area contributed by atoms with Crippen molar-refractivity contribution in [2.24, 2.45) is 0 Å². The molecule has 0 heterocycles. The molecule has 6 heteroatoms. The number of urea groups is 1. The van der Waals surface area contributed by atoms with Crippen LogP contribution in [-0.2, 0) is 6.54 Å². The topological polar surface area (TPSA) is 68.8 Å². The van der Waals surface area contributed by atoms with Crippen LogP contribution in [0.2, 0.25) is 0 Å². The molecule has 2 N–H and O–H groups in total. The molecule has 0 aliphatic carbocycles. The Morgan fingerprint density at radius 1 is 0.875 bits per heavy atom. The first kappa shape index (κ1) is 17.5. The Hall–Kier alpha value is -2.89. The molecule has 0 aromatic heterocycles. The molecule has 0 aliphatic heterocycles. The number of hydrogen-bond acceptors (Lipinski definition) is 4. The Bertz CT molecular complexity index is 626. The van der Waals surface area contributed by atoms with Crippen molar-refractivity contribution in [3.8, 4) is 17.2 Å². The van der Waals surface area contributed by atoms with Gasteiger partial charge in [0, 0.05) is 6.54 Å². The second-order valence-electron chi connectivity index (χ2n) is 4.90. The van der Waals surface area contributed by atoms with E-state index in [-0.39, 0.29) is 12.8 Å². The Balaban J connectivity index is 1.67. The average Bonchev–Trinajstić information content (AvgIpc) is 2.62. The highest BCUT2D eigenvalue weighted by Gasteiger charge is 2.01. The lowest BCUT2D eigenvalue weighted by Crippen LogP contribution is -2.37. The van der Waals surface area contributed by atoms with Gasteiger partial charge < -0.3 is 24.8 Å². The van der Waals surface area contributed by atoms with Crippen molar-refractivity contribution < 1.29 is 19.0 Å². The number of benzene rings is 2. The summed E-state index contributed by atoms with van der Waals surface area (Å²) in [6, 6.07) is 14.4. The molecule has 2 aromatic carbocycles. The van der Waals surface area contributed by atoms with Gasteiger partial charge in [-0.3, -0.25) is 0 Å². The zero-order valence-electron chi connectivity index (χ0n) is 13.9. The summed E-state index contributed by atoms with van der Waals surface area (Å²) in [5.74, 6) is 2.23. The molecule has 2 aromatic rings. The Morgan fingerprint density at radius 2 is 1.46 bits per heavy atom. The molecule has 0 atom stereocenters. The van der Waals surface area contributed by atoms with Gasteiger partial charge in [-0.2, -0.15) is 0 Å². The predicted molar refractivity (Wildman–Crippen MR) is 91.5 cm³/mol. The average molecular weight is 330 g/mol. The highest BCUT2D eigenvalue weighted by atomic mass is 16.5. The third-order valence-electron chi connectivity index (χ3n) is 3.22. The van der Waals surface area contributed by atoms with Crippen molar-refractivity contribution in [1.29, 1.82) is 0 Å². The lowest BCUT2D eigenvalue weighted by Gasteiger charge is -2.10. The highest BCUT2D eigenvalue weighted by molar-refractivity contribution is 5.73. The van der Waals surface area contributed by atoms with Crippen molar-refractivity contribution in [2.45, 2.75) is 13.5 Å². The monoisotopic (exact) mass is 330 g/mol. The molecule has 24 heavy (non-hydrogen) atoms. The first-order valence-corrected chi connectivity index (χ1v) is 7.71. The van der Waals surface area contributed by atoms with Crippen molar-refractivity contribution in [1.82, 2.24) is 10.6 Å². The van der Waals surface area contributed by atoms with Crippen molar-refractivity contribution in [3.63, 3.8) is 0 Å². The van der Waals surface area contributed by atoms with Crippen LogP contribution in [0.3, 0.4) is 0 Å². The summed E-state index contributed by atoms with van der Waals surface area (Å²) >= 11 is 0. The molecule has 128 valence electrons. The van der Waals surface area contributed by atoms with E-state index >= 15 is 0 Å². The molecule has 2 amide bonds. The van der Waals surface area contributed by atoms with E-state index in [9.17, 15) is 4.79 Å². The van der Waals surface area contributed by atoms with Gasteiger partial charge >= 0.3 is 6.03 Å². The van der Waals surface area contributed by atoms with Crippen LogP contribution in [0.4, 0.5) is 4.79 Å². The summed E-state index contributed by atoms with van der Waals surface area (Å²) in [6.07, 6.45) is 0. The maximum atomic E-state index is 11.7. The van der Waals surface area contributed by atoms with Gasteiger partial charge in [-0.25, -0.2) is 4.79 Å². The van der Waals surface area contributed by atoms with Crippen LogP contribution >= 0.6 is 0 Å². The lowest BCUT2D eigenvalue weighted by atomic mass is 10.2. The number of methoxy groups -OCH3 is 1. The molecule has 0 saturated carbocycles. The Morgan fingerprint density at radius 3 is 2.04 bits per heavy atom. The van der Waals surface area contributed by atoms with Crippen LogP contribution in [0.15, 0.2) is 48.5 Å². The second-order valence-corrected chi connectivity index (χ2v) is 4.90. The van der Waals surface area contributed by atoms with Crippen LogP contribution in [0, 0.1) is 0 Å². The normalized spacial score (nSPS) is 9.92. The largest absolute Gasteiger partial charge is 0.497 e. The smallest absolute Gasteiger partial charge is 0.317 e. The molecule has 0 saturated heterocycles. The van der Waals surface area contributed by atoms with Gasteiger partial charge in [0.1, 0.15) is 17.2 Å². The van der Waals surface area contributed by atoms with Gasteiger partial charge in [0.25, 0.3) is 0 Å². The van der Waals surface area contributed by atoms with Crippen molar-refractivity contribution in [3.05, 3.63) is 54.1 Å². The van der Waals surface area contributed by atoms with Gasteiger partial charge in [-0.05, 0) is 48.9 Å². The fraction of sp³-hybridized carbons (Fsp3) is 0.278. The maximum absolute atomic E-state index is 11.7. The minimum Gasteiger partial charge on any atom is -0.497 e. The molecular formula is C18H22N2O4. The van der Waals surface area contributed by atoms with Crippen LogP contribution in [-0.4, -0.2) is 26.5 Å². The van der Waals surface area contributed by atoms with Crippen molar-refractivity contribution in [2.75, 3.05) is 20.4 Å². The van der Waals surface area contributed by atoms with Crippen LogP contribution in [0.25, 0.3) is 0 Å². The van der Waals surface area contributed by atoms with E-state index < -0.39 is 0 Å². The number of rotatable bonds is 8. The van der Waals surface area contributed by atoms with Crippen LogP contribution < -0.4 is 24.8 Å². The first-order chi connectivity index (χ1) is 11.7. The minimum atomic E-state index is -0.295. The summed E-state index contributed by atoms with van der Waals surface area (Å²) < 4.78 is 15.9. The van der Waals surface area contributed by atoms with E-state index in [1.165, 1.54) is 0 Å². The molecule has 0 bridgehead atoms. The van der Waals surface area contributed by atoms with Gasteiger partial charge in [-0.15, -0.1) is 0 Å². The van der Waals surface area contributed by atoms with E-state index in [1.807, 2.05) is 43.3 Å². The van der Waals surface area contributed by atoms with E-state index in [0.29, 0.717) is 18.9 Å². The Kier molecular flexibility index (Phi) is 6.76. The van der Waals surface area contributed by atoms with Gasteiger partial charge in [-0.1, -0.05) is 12.1 Å². The van der Waals surface area contributed by atoms with E-state index in [2.05, 4.69) is 10.6 Å². The van der Waals surface area contributed by atoms with Crippen LogP contribution in [0.1, 0.15) is 12.5 Å². The van der Waals surface area contributed by atoms with Gasteiger partial charge in [0.2, 0.25) is 0 Å². The van der Waals surface area contributed by atoms with Crippen LogP contribution in [0.5, 0.6) is 17.2 Å². The zero-order valence-corrected chi connectivity index (χ0v) is 13.9. The van der Waals surface area contributed by atoms with E-state index in [4.69, 9.17) is 14.2 Å². The second kappa shape index (κ2) is 9.29. The summed E-state index contributed by atoms with van der Waals surface area (Å²) in [7, 11) is 1.62. The SMILES string of the molecule is CCOc1ccc(OCNC(=O)NCc2ccc(OC)cc2)cc1. The molecular weight excluding hydrogens is 308 g/mol. The number of carbonyl (C=O) groups excluding carboxylic acids is 1. The lowest BCUT2D eigenvalue weighted by molar-refractivity contribution is 0.223. The van der Waals surface area contributed by atoms with Gasteiger partial charge in [0.05, 0.1) is 13.7 Å². The first-order valence-electron chi connectivity index (χ1n) is 7.71. The van der Waals surface area contributed by atoms with E-state index in [0.717, 1.165) is 17.1 Å². The predicted octanol–water partition coefficient (Wildman–Crippen LogP) is 2.93. The standard InChI is InChI=1S/C18H22N2O4/c1-3-23-16-8-10-17(11-9-16)24-13-20-18(21)19-12-14-4-6-15(22-2)7-5-14/h4-11H,3,12-13H2,1-2H3,(H2,19,20,21). The number of hydrogen-bond donors (Lipinski definition) is 2. The quantitative estimate of drug-likeness (QED) is 0.730. The molecule has 2 rings (SSSR count). The highest BCUT2D eigenvalue weighted by Crippen LogP contribution is 2.17. The molecule has 0 radical (unpaired) electrons. The molecule has 0 fully saturated rings. The minimum absolute atomic E-state index is 0.0857. The van der Waals surface area contributed by atoms with Gasteiger partial charge in [0.15, 0.2) is 6.73 Å². The van der Waals surface area contributed by atoms with Crippen molar-refractivity contribution >= 4 is 6.03 Å². The summed E-state index contributed by atoms with van der Waals surface area (Å²) in [5, 5.41) is 5.39. The summed E-state index contributed by atoms with van der Waals surface area (Å²) in [6.45, 7) is 3.07. The number of carbonyl (C=O) groups is 1. The molecule has 0 spiro atoms. The fourth-order valence-corrected chi connectivity index (χ4v) is 1.97. The maximum Gasteiger partial charge on any atom is 0.317 e. The number of amides is 2. The third kappa shape index (κ3) is 5.72. The third-order valence-corrected chi connectivity index (χ3v) is 3.22. The molecule has 0 unspecified atom stereocenters. The molecule has 0 aliphatic rings. The Labute approximate surface area is 141 Å². The number of ether oxygens (including phenoxy) is 3. The zero-order chi connectivity index (χ0) is 17.2. The summed E-state index contributed by atoms with van der Waals surface area (Å²) in [5.41, 5.74) is 0.985. The number of nitrogens with one attached hydrogen (secondary N) is 2. The van der Waals surface area contributed by atoms with E-state index in [1.54, 1.807) is 19.2 Å². The fourth-order valence-electron chi connectivity index (χ4n) is 1.97. The summed E-state index contributed by atoms with van der Waals surface area (Å²) in [4.78, 5) is 11.7. The molecule has 6 nitrogen and oxygen atoms in total.